The van der Waals surface area contributed by atoms with Crippen molar-refractivity contribution in [3.8, 4) is 0 Å². The second-order valence-corrected chi connectivity index (χ2v) is 5.51. The van der Waals surface area contributed by atoms with Crippen LogP contribution >= 0.6 is 11.6 Å². The number of carbonyl (C=O) groups excluding carboxylic acids is 1. The summed E-state index contributed by atoms with van der Waals surface area (Å²) in [6, 6.07) is 0. The summed E-state index contributed by atoms with van der Waals surface area (Å²) < 4.78 is 0. The maximum Gasteiger partial charge on any atom is 0.222 e. The topological polar surface area (TPSA) is 20.3 Å². The highest BCUT2D eigenvalue weighted by Crippen LogP contribution is 2.26. The molecule has 0 aliphatic heterocycles. The molecule has 0 spiro atoms. The summed E-state index contributed by atoms with van der Waals surface area (Å²) in [5.74, 6) is 0.883. The van der Waals surface area contributed by atoms with E-state index in [0.29, 0.717) is 12.5 Å². The highest BCUT2D eigenvalue weighted by Gasteiger charge is 2.19. The van der Waals surface area contributed by atoms with Gasteiger partial charge in [0.15, 0.2) is 0 Å². The van der Waals surface area contributed by atoms with Crippen LogP contribution in [0.5, 0.6) is 0 Å². The van der Waals surface area contributed by atoms with Crippen molar-refractivity contribution in [3.63, 3.8) is 0 Å². The molecule has 0 bridgehead atoms. The average Bonchev–Trinajstić information content (AvgIpc) is 2.18. The molecule has 0 aromatic heterocycles. The number of hydrogen-bond acceptors (Lipinski definition) is 1. The van der Waals surface area contributed by atoms with E-state index in [4.69, 9.17) is 11.6 Å². The Morgan fingerprint density at radius 2 is 2.00 bits per heavy atom. The third-order valence-corrected chi connectivity index (χ3v) is 3.28. The molecule has 2 nitrogen and oxygen atoms in total. The van der Waals surface area contributed by atoms with E-state index < -0.39 is 0 Å². The fourth-order valence-corrected chi connectivity index (χ4v) is 2.48. The molecule has 0 aromatic carbocycles. The van der Waals surface area contributed by atoms with Gasteiger partial charge in [-0.3, -0.25) is 4.79 Å². The standard InChI is InChI=1S/C12H22ClNO/c1-10(13)9-14(2)12(15)8-11-6-4-3-5-7-11/h10-11H,3-9H2,1-2H3. The minimum atomic E-state index is 0.0466. The fraction of sp³-hybridized carbons (Fsp3) is 0.917. The van der Waals surface area contributed by atoms with E-state index in [1.807, 2.05) is 14.0 Å². The lowest BCUT2D eigenvalue weighted by atomic mass is 9.87. The molecule has 1 amide bonds. The van der Waals surface area contributed by atoms with Gasteiger partial charge in [-0.15, -0.1) is 11.6 Å². The maximum absolute atomic E-state index is 11.8. The van der Waals surface area contributed by atoms with Gasteiger partial charge in [0.25, 0.3) is 0 Å². The van der Waals surface area contributed by atoms with E-state index >= 15 is 0 Å². The van der Waals surface area contributed by atoms with Crippen molar-refractivity contribution in [1.29, 1.82) is 0 Å². The van der Waals surface area contributed by atoms with Crippen LogP contribution in [0.25, 0.3) is 0 Å². The second-order valence-electron chi connectivity index (χ2n) is 4.76. The molecule has 0 heterocycles. The predicted octanol–water partition coefficient (Wildman–Crippen LogP) is 3.04. The smallest absolute Gasteiger partial charge is 0.222 e. The average molecular weight is 232 g/mol. The lowest BCUT2D eigenvalue weighted by Gasteiger charge is -2.24. The van der Waals surface area contributed by atoms with Gasteiger partial charge in [0, 0.05) is 25.4 Å². The number of nitrogens with zero attached hydrogens (tertiary/aromatic N) is 1. The Balaban J connectivity index is 2.27. The first-order chi connectivity index (χ1) is 7.09. The van der Waals surface area contributed by atoms with Crippen LogP contribution in [-0.4, -0.2) is 29.8 Å². The van der Waals surface area contributed by atoms with Gasteiger partial charge in [0.1, 0.15) is 0 Å². The Bertz CT molecular complexity index is 200. The van der Waals surface area contributed by atoms with Crippen molar-refractivity contribution in [3.05, 3.63) is 0 Å². The number of alkyl halides is 1. The largest absolute Gasteiger partial charge is 0.344 e. The molecule has 0 aromatic rings. The van der Waals surface area contributed by atoms with Crippen molar-refractivity contribution >= 4 is 17.5 Å². The van der Waals surface area contributed by atoms with Crippen LogP contribution in [0.4, 0.5) is 0 Å². The Morgan fingerprint density at radius 3 is 2.53 bits per heavy atom. The number of rotatable bonds is 4. The monoisotopic (exact) mass is 231 g/mol. The van der Waals surface area contributed by atoms with E-state index in [2.05, 4.69) is 0 Å². The SMILES string of the molecule is CC(Cl)CN(C)C(=O)CC1CCCCC1. The number of amides is 1. The molecule has 1 aliphatic rings. The predicted molar refractivity (Wildman–Crippen MR) is 64.1 cm³/mol. The molecular formula is C12H22ClNO. The molecule has 1 fully saturated rings. The zero-order valence-electron chi connectivity index (χ0n) is 9.84. The van der Waals surface area contributed by atoms with E-state index in [9.17, 15) is 4.79 Å². The Labute approximate surface area is 98.0 Å². The van der Waals surface area contributed by atoms with E-state index in [1.54, 1.807) is 4.90 Å². The Hall–Kier alpha value is -0.240. The van der Waals surface area contributed by atoms with Gasteiger partial charge >= 0.3 is 0 Å². The molecule has 88 valence electrons. The van der Waals surface area contributed by atoms with Gasteiger partial charge in [0.2, 0.25) is 5.91 Å². The van der Waals surface area contributed by atoms with Crippen molar-refractivity contribution in [2.45, 2.75) is 50.8 Å². The molecule has 1 aliphatic carbocycles. The van der Waals surface area contributed by atoms with Crippen molar-refractivity contribution in [2.75, 3.05) is 13.6 Å². The molecule has 0 N–H and O–H groups in total. The Kier molecular flexibility index (Phi) is 5.44. The summed E-state index contributed by atoms with van der Waals surface area (Å²) in [7, 11) is 1.85. The van der Waals surface area contributed by atoms with Gasteiger partial charge < -0.3 is 4.90 Å². The van der Waals surface area contributed by atoms with Gasteiger partial charge in [0.05, 0.1) is 0 Å². The van der Waals surface area contributed by atoms with Crippen LogP contribution in [0.3, 0.4) is 0 Å². The lowest BCUT2D eigenvalue weighted by Crippen LogP contribution is -2.32. The van der Waals surface area contributed by atoms with E-state index in [-0.39, 0.29) is 11.3 Å². The second kappa shape index (κ2) is 6.37. The normalized spacial score (nSPS) is 19.9. The molecule has 1 unspecified atom stereocenters. The summed E-state index contributed by atoms with van der Waals surface area (Å²) in [5, 5.41) is 0.0466. The van der Waals surface area contributed by atoms with Gasteiger partial charge in [-0.05, 0) is 25.7 Å². The summed E-state index contributed by atoms with van der Waals surface area (Å²) in [5.41, 5.74) is 0. The highest BCUT2D eigenvalue weighted by atomic mass is 35.5. The zero-order valence-corrected chi connectivity index (χ0v) is 10.6. The van der Waals surface area contributed by atoms with Crippen LogP contribution in [0.15, 0.2) is 0 Å². The van der Waals surface area contributed by atoms with Crippen LogP contribution < -0.4 is 0 Å². The first kappa shape index (κ1) is 12.8. The molecule has 0 radical (unpaired) electrons. The van der Waals surface area contributed by atoms with E-state index in [1.165, 1.54) is 32.1 Å². The summed E-state index contributed by atoms with van der Waals surface area (Å²) in [6.45, 7) is 2.58. The lowest BCUT2D eigenvalue weighted by molar-refractivity contribution is -0.131. The van der Waals surface area contributed by atoms with Crippen molar-refractivity contribution in [1.82, 2.24) is 4.90 Å². The molecular weight excluding hydrogens is 210 g/mol. The quantitative estimate of drug-likeness (QED) is 0.681. The first-order valence-corrected chi connectivity index (χ1v) is 6.41. The highest BCUT2D eigenvalue weighted by molar-refractivity contribution is 6.20. The van der Waals surface area contributed by atoms with Crippen LogP contribution in [0.1, 0.15) is 45.4 Å². The summed E-state index contributed by atoms with van der Waals surface area (Å²) in [6.07, 6.45) is 7.13. The maximum atomic E-state index is 11.8. The van der Waals surface area contributed by atoms with Crippen molar-refractivity contribution < 1.29 is 4.79 Å². The van der Waals surface area contributed by atoms with Gasteiger partial charge in [-0.1, -0.05) is 19.3 Å². The minimum absolute atomic E-state index is 0.0466. The molecule has 3 heteroatoms. The molecule has 15 heavy (non-hydrogen) atoms. The minimum Gasteiger partial charge on any atom is -0.344 e. The number of hydrogen-bond donors (Lipinski definition) is 0. The van der Waals surface area contributed by atoms with Crippen LogP contribution in [0, 0.1) is 5.92 Å². The third kappa shape index (κ3) is 4.87. The first-order valence-electron chi connectivity index (χ1n) is 5.97. The van der Waals surface area contributed by atoms with Gasteiger partial charge in [-0.2, -0.15) is 0 Å². The molecule has 0 saturated heterocycles. The molecule has 1 saturated carbocycles. The summed E-state index contributed by atoms with van der Waals surface area (Å²) >= 11 is 5.87. The third-order valence-electron chi connectivity index (χ3n) is 3.14. The molecule has 1 rings (SSSR count). The van der Waals surface area contributed by atoms with Crippen LogP contribution in [0.2, 0.25) is 0 Å². The fourth-order valence-electron chi connectivity index (χ4n) is 2.27. The van der Waals surface area contributed by atoms with Crippen LogP contribution in [-0.2, 0) is 4.79 Å². The summed E-state index contributed by atoms with van der Waals surface area (Å²) in [4.78, 5) is 13.6. The molecule has 1 atom stereocenters. The zero-order chi connectivity index (χ0) is 11.3. The van der Waals surface area contributed by atoms with Gasteiger partial charge in [-0.25, -0.2) is 0 Å². The van der Waals surface area contributed by atoms with Crippen molar-refractivity contribution in [2.24, 2.45) is 5.92 Å². The van der Waals surface area contributed by atoms with E-state index in [0.717, 1.165) is 6.42 Å². The number of carbonyl (C=O) groups is 1. The number of halogens is 1. The Morgan fingerprint density at radius 1 is 1.40 bits per heavy atom.